The monoisotopic (exact) mass is 155 g/mol. The number of ether oxygens (including phenoxy) is 1. The Kier molecular flexibility index (Phi) is 5.91. The first kappa shape index (κ1) is 10.5. The molecule has 0 spiro atoms. The fourth-order valence-electron chi connectivity index (χ4n) is 0.853. The van der Waals surface area contributed by atoms with E-state index in [0.29, 0.717) is 6.04 Å². The molecule has 0 aliphatic carbocycles. The van der Waals surface area contributed by atoms with E-state index in [0.717, 1.165) is 13.0 Å². The molecule has 0 radical (unpaired) electrons. The molecule has 0 heterocycles. The Morgan fingerprint density at radius 1 is 1.55 bits per heavy atom. The zero-order valence-corrected chi connectivity index (χ0v) is 7.55. The number of hydrogen-bond donors (Lipinski definition) is 1. The van der Waals surface area contributed by atoms with Gasteiger partial charge in [0.05, 0.1) is 6.04 Å². The van der Waals surface area contributed by atoms with E-state index in [4.69, 9.17) is 11.2 Å². The quantitative estimate of drug-likeness (QED) is 0.599. The summed E-state index contributed by atoms with van der Waals surface area (Å²) in [5.74, 6) is 2.62. The molecule has 0 saturated heterocycles. The molecule has 0 aliphatic heterocycles. The van der Waals surface area contributed by atoms with Crippen molar-refractivity contribution in [3.8, 4) is 12.3 Å². The third-order valence-corrected chi connectivity index (χ3v) is 1.54. The van der Waals surface area contributed by atoms with Gasteiger partial charge in [-0.25, -0.2) is 0 Å². The fourth-order valence-corrected chi connectivity index (χ4v) is 0.853. The smallest absolute Gasteiger partial charge is 0.0660 e. The Morgan fingerprint density at radius 2 is 2.18 bits per heavy atom. The summed E-state index contributed by atoms with van der Waals surface area (Å²) < 4.78 is 4.94. The van der Waals surface area contributed by atoms with Crippen molar-refractivity contribution in [1.82, 2.24) is 5.32 Å². The Labute approximate surface area is 69.3 Å². The third-order valence-electron chi connectivity index (χ3n) is 1.54. The predicted molar refractivity (Wildman–Crippen MR) is 47.4 cm³/mol. The molecule has 0 aromatic carbocycles. The zero-order valence-electron chi connectivity index (χ0n) is 7.55. The second-order valence-electron chi connectivity index (χ2n) is 2.74. The van der Waals surface area contributed by atoms with Gasteiger partial charge in [0.25, 0.3) is 0 Å². The standard InChI is InChI=1S/C9H17NO/c1-5-8(2)10-9(3)6-7-11-4/h1,8-10H,6-7H2,2-4H3. The highest BCUT2D eigenvalue weighted by atomic mass is 16.5. The molecule has 0 aromatic heterocycles. The summed E-state index contributed by atoms with van der Waals surface area (Å²) in [6.07, 6.45) is 6.21. The van der Waals surface area contributed by atoms with Crippen molar-refractivity contribution in [3.05, 3.63) is 0 Å². The van der Waals surface area contributed by atoms with Crippen molar-refractivity contribution in [2.75, 3.05) is 13.7 Å². The molecule has 0 fully saturated rings. The maximum atomic E-state index is 5.21. The van der Waals surface area contributed by atoms with Crippen LogP contribution in [0.25, 0.3) is 0 Å². The van der Waals surface area contributed by atoms with E-state index in [1.54, 1.807) is 7.11 Å². The molecule has 64 valence electrons. The SMILES string of the molecule is C#CC(C)NC(C)CCOC. The van der Waals surface area contributed by atoms with E-state index in [9.17, 15) is 0 Å². The highest BCUT2D eigenvalue weighted by molar-refractivity contribution is 4.96. The first-order valence-corrected chi connectivity index (χ1v) is 3.91. The van der Waals surface area contributed by atoms with Gasteiger partial charge in [0.15, 0.2) is 0 Å². The van der Waals surface area contributed by atoms with Crippen LogP contribution in [0.15, 0.2) is 0 Å². The average molecular weight is 155 g/mol. The van der Waals surface area contributed by atoms with Crippen LogP contribution in [0.2, 0.25) is 0 Å². The number of nitrogens with one attached hydrogen (secondary N) is 1. The van der Waals surface area contributed by atoms with Gasteiger partial charge in [0.2, 0.25) is 0 Å². The van der Waals surface area contributed by atoms with Crippen molar-refractivity contribution in [1.29, 1.82) is 0 Å². The zero-order chi connectivity index (χ0) is 8.69. The molecule has 0 amide bonds. The molecule has 11 heavy (non-hydrogen) atoms. The van der Waals surface area contributed by atoms with Crippen LogP contribution < -0.4 is 5.32 Å². The average Bonchev–Trinajstić information content (AvgIpc) is 2.00. The van der Waals surface area contributed by atoms with Gasteiger partial charge in [-0.2, -0.15) is 0 Å². The Balaban J connectivity index is 3.37. The molecule has 0 saturated carbocycles. The number of terminal acetylenes is 1. The molecule has 2 unspecified atom stereocenters. The van der Waals surface area contributed by atoms with Crippen LogP contribution in [0.5, 0.6) is 0 Å². The van der Waals surface area contributed by atoms with Gasteiger partial charge in [-0.05, 0) is 20.3 Å². The maximum absolute atomic E-state index is 5.21. The van der Waals surface area contributed by atoms with Crippen molar-refractivity contribution < 1.29 is 4.74 Å². The van der Waals surface area contributed by atoms with Crippen LogP contribution in [0.3, 0.4) is 0 Å². The molecule has 0 aliphatic rings. The van der Waals surface area contributed by atoms with E-state index < -0.39 is 0 Å². The molecular weight excluding hydrogens is 138 g/mol. The summed E-state index contributed by atoms with van der Waals surface area (Å²) >= 11 is 0. The van der Waals surface area contributed by atoms with Crippen molar-refractivity contribution in [2.24, 2.45) is 0 Å². The lowest BCUT2D eigenvalue weighted by molar-refractivity contribution is 0.184. The van der Waals surface area contributed by atoms with E-state index in [1.807, 2.05) is 6.92 Å². The van der Waals surface area contributed by atoms with Crippen LogP contribution in [0.1, 0.15) is 20.3 Å². The molecule has 2 atom stereocenters. The third kappa shape index (κ3) is 5.90. The molecule has 1 N–H and O–H groups in total. The lowest BCUT2D eigenvalue weighted by Gasteiger charge is -2.15. The van der Waals surface area contributed by atoms with E-state index in [-0.39, 0.29) is 6.04 Å². The Bertz CT molecular complexity index is 128. The van der Waals surface area contributed by atoms with Crippen molar-refractivity contribution >= 4 is 0 Å². The second-order valence-corrected chi connectivity index (χ2v) is 2.74. The van der Waals surface area contributed by atoms with Crippen molar-refractivity contribution in [3.63, 3.8) is 0 Å². The van der Waals surface area contributed by atoms with Crippen molar-refractivity contribution in [2.45, 2.75) is 32.4 Å². The molecule has 2 nitrogen and oxygen atoms in total. The summed E-state index contributed by atoms with van der Waals surface area (Å²) in [5.41, 5.74) is 0. The normalized spacial score (nSPS) is 15.5. The molecule has 0 aromatic rings. The van der Waals surface area contributed by atoms with Gasteiger partial charge in [-0.1, -0.05) is 5.92 Å². The minimum absolute atomic E-state index is 0.154. The number of hydrogen-bond acceptors (Lipinski definition) is 2. The van der Waals surface area contributed by atoms with Crippen LogP contribution in [-0.4, -0.2) is 25.8 Å². The topological polar surface area (TPSA) is 21.3 Å². The second kappa shape index (κ2) is 6.21. The van der Waals surface area contributed by atoms with Crippen LogP contribution in [0, 0.1) is 12.3 Å². The first-order chi connectivity index (χ1) is 5.20. The predicted octanol–water partition coefficient (Wildman–Crippen LogP) is 1.02. The summed E-state index contributed by atoms with van der Waals surface area (Å²) in [5, 5.41) is 3.25. The summed E-state index contributed by atoms with van der Waals surface area (Å²) in [7, 11) is 1.71. The Morgan fingerprint density at radius 3 is 2.64 bits per heavy atom. The van der Waals surface area contributed by atoms with Gasteiger partial charge < -0.3 is 10.1 Å². The van der Waals surface area contributed by atoms with Crippen LogP contribution in [0.4, 0.5) is 0 Å². The minimum atomic E-state index is 0.154. The minimum Gasteiger partial charge on any atom is -0.385 e. The summed E-state index contributed by atoms with van der Waals surface area (Å²) in [4.78, 5) is 0. The highest BCUT2D eigenvalue weighted by Crippen LogP contribution is 1.92. The summed E-state index contributed by atoms with van der Waals surface area (Å²) in [6.45, 7) is 4.86. The van der Waals surface area contributed by atoms with Gasteiger partial charge in [-0.15, -0.1) is 6.42 Å². The van der Waals surface area contributed by atoms with E-state index in [1.165, 1.54) is 0 Å². The van der Waals surface area contributed by atoms with E-state index in [2.05, 4.69) is 18.2 Å². The molecule has 0 bridgehead atoms. The summed E-state index contributed by atoms with van der Waals surface area (Å²) in [6, 6.07) is 0.586. The maximum Gasteiger partial charge on any atom is 0.0660 e. The van der Waals surface area contributed by atoms with Gasteiger partial charge in [0.1, 0.15) is 0 Å². The lowest BCUT2D eigenvalue weighted by Crippen LogP contribution is -2.34. The van der Waals surface area contributed by atoms with Crippen LogP contribution in [-0.2, 0) is 4.74 Å². The van der Waals surface area contributed by atoms with Crippen LogP contribution >= 0.6 is 0 Å². The van der Waals surface area contributed by atoms with E-state index >= 15 is 0 Å². The Hall–Kier alpha value is -0.520. The van der Waals surface area contributed by atoms with Gasteiger partial charge >= 0.3 is 0 Å². The molecular formula is C9H17NO. The highest BCUT2D eigenvalue weighted by Gasteiger charge is 2.03. The number of methoxy groups -OCH3 is 1. The lowest BCUT2D eigenvalue weighted by atomic mass is 10.2. The first-order valence-electron chi connectivity index (χ1n) is 3.91. The molecule has 2 heteroatoms. The van der Waals surface area contributed by atoms with Gasteiger partial charge in [-0.3, -0.25) is 0 Å². The largest absolute Gasteiger partial charge is 0.385 e. The van der Waals surface area contributed by atoms with Gasteiger partial charge in [0, 0.05) is 19.8 Å². The number of rotatable bonds is 5. The molecule has 0 rings (SSSR count). The fraction of sp³-hybridized carbons (Fsp3) is 0.778.